The van der Waals surface area contributed by atoms with Crippen LogP contribution in [0.3, 0.4) is 0 Å². The van der Waals surface area contributed by atoms with E-state index >= 15 is 0 Å². The molecule has 0 spiro atoms. The van der Waals surface area contributed by atoms with Crippen LogP contribution in [-0.4, -0.2) is 59.7 Å². The molecule has 1 saturated heterocycles. The van der Waals surface area contributed by atoms with E-state index < -0.39 is 6.04 Å². The second kappa shape index (κ2) is 10.5. The summed E-state index contributed by atoms with van der Waals surface area (Å²) in [5.74, 6) is -0.740. The summed E-state index contributed by atoms with van der Waals surface area (Å²) in [5.41, 5.74) is 1.25. The average Bonchev–Trinajstić information content (AvgIpc) is 2.79. The number of hydrogen-bond donors (Lipinski definition) is 1. The van der Waals surface area contributed by atoms with Crippen LogP contribution in [0, 0.1) is 0 Å². The number of piperazine rings is 1. The molecule has 3 amide bonds. The number of nitrogens with one attached hydrogen (secondary N) is 1. The minimum absolute atomic E-state index is 0.186. The molecule has 0 aromatic heterocycles. The zero-order chi connectivity index (χ0) is 22.4. The van der Waals surface area contributed by atoms with Crippen LogP contribution in [0.4, 0.5) is 0 Å². The van der Waals surface area contributed by atoms with Gasteiger partial charge in [0.05, 0.1) is 15.6 Å². The van der Waals surface area contributed by atoms with Gasteiger partial charge in [-0.2, -0.15) is 0 Å². The van der Waals surface area contributed by atoms with Crippen molar-refractivity contribution < 1.29 is 14.4 Å². The maximum atomic E-state index is 12.7. The van der Waals surface area contributed by atoms with Crippen molar-refractivity contribution in [2.75, 3.05) is 26.2 Å². The smallest absolute Gasteiger partial charge is 0.255 e. The van der Waals surface area contributed by atoms with E-state index in [1.165, 1.54) is 6.08 Å². The summed E-state index contributed by atoms with van der Waals surface area (Å²) >= 11 is 12.2. The van der Waals surface area contributed by atoms with Gasteiger partial charge in [-0.25, -0.2) is 0 Å². The molecule has 31 heavy (non-hydrogen) atoms. The highest BCUT2D eigenvalue weighted by Gasteiger charge is 2.28. The maximum absolute atomic E-state index is 12.7. The Hall–Kier alpha value is -2.83. The number of carbonyl (C=O) groups excluding carboxylic acids is 3. The van der Waals surface area contributed by atoms with Crippen molar-refractivity contribution in [2.24, 2.45) is 0 Å². The molecule has 0 bridgehead atoms. The number of nitrogens with zero attached hydrogens (tertiary/aromatic N) is 2. The first kappa shape index (κ1) is 22.8. The van der Waals surface area contributed by atoms with Crippen LogP contribution < -0.4 is 5.32 Å². The molecule has 1 N–H and O–H groups in total. The zero-order valence-corrected chi connectivity index (χ0v) is 18.6. The number of hydrogen-bond acceptors (Lipinski definition) is 3. The van der Waals surface area contributed by atoms with E-state index in [0.29, 0.717) is 36.8 Å². The van der Waals surface area contributed by atoms with Crippen molar-refractivity contribution >= 4 is 47.0 Å². The van der Waals surface area contributed by atoms with Gasteiger partial charge >= 0.3 is 0 Å². The summed E-state index contributed by atoms with van der Waals surface area (Å²) in [4.78, 5) is 40.9. The summed E-state index contributed by atoms with van der Waals surface area (Å²) < 4.78 is 0. The van der Waals surface area contributed by atoms with Gasteiger partial charge in [-0.3, -0.25) is 14.4 Å². The van der Waals surface area contributed by atoms with Gasteiger partial charge in [0.1, 0.15) is 6.04 Å². The first-order chi connectivity index (χ1) is 14.9. The Labute approximate surface area is 191 Å². The average molecular weight is 460 g/mol. The Morgan fingerprint density at radius 3 is 2.26 bits per heavy atom. The number of carbonyl (C=O) groups is 3. The highest BCUT2D eigenvalue weighted by Crippen LogP contribution is 2.26. The lowest BCUT2D eigenvalue weighted by Gasteiger charge is -2.36. The van der Waals surface area contributed by atoms with Crippen LogP contribution in [0.25, 0.3) is 6.08 Å². The minimum Gasteiger partial charge on any atom is -0.341 e. The second-order valence-corrected chi connectivity index (χ2v) is 7.98. The molecule has 1 aliphatic heterocycles. The fraction of sp³-hybridized carbons (Fsp3) is 0.261. The second-order valence-electron chi connectivity index (χ2n) is 7.19. The van der Waals surface area contributed by atoms with Crippen LogP contribution in [0.5, 0.6) is 0 Å². The van der Waals surface area contributed by atoms with Crippen molar-refractivity contribution in [1.82, 2.24) is 15.1 Å². The first-order valence-electron chi connectivity index (χ1n) is 9.92. The SMILES string of the molecule is CC(NC(=O)C=Cc1ccccc1)C(=O)N1CCN(C(=O)c2cccc(Cl)c2Cl)CC1. The van der Waals surface area contributed by atoms with Gasteiger partial charge < -0.3 is 15.1 Å². The molecule has 0 saturated carbocycles. The third kappa shape index (κ3) is 5.87. The molecule has 2 aromatic rings. The summed E-state index contributed by atoms with van der Waals surface area (Å²) in [6, 6.07) is 13.7. The van der Waals surface area contributed by atoms with Crippen LogP contribution in [0.2, 0.25) is 10.0 Å². The summed E-state index contributed by atoms with van der Waals surface area (Å²) in [5, 5.41) is 3.25. The predicted molar refractivity (Wildman–Crippen MR) is 122 cm³/mol. The monoisotopic (exact) mass is 459 g/mol. The van der Waals surface area contributed by atoms with Gasteiger partial charge in [0, 0.05) is 32.3 Å². The maximum Gasteiger partial charge on any atom is 0.255 e. The first-order valence-corrected chi connectivity index (χ1v) is 10.7. The normalized spacial score (nSPS) is 15.1. The van der Waals surface area contributed by atoms with Crippen LogP contribution in [0.1, 0.15) is 22.8 Å². The molecule has 8 heteroatoms. The lowest BCUT2D eigenvalue weighted by molar-refractivity contribution is -0.136. The molecule has 1 atom stereocenters. The Bertz CT molecular complexity index is 987. The molecular weight excluding hydrogens is 437 g/mol. The van der Waals surface area contributed by atoms with Crippen molar-refractivity contribution in [2.45, 2.75) is 13.0 Å². The highest BCUT2D eigenvalue weighted by atomic mass is 35.5. The zero-order valence-electron chi connectivity index (χ0n) is 17.1. The van der Waals surface area contributed by atoms with Gasteiger partial charge in [-0.1, -0.05) is 59.6 Å². The van der Waals surface area contributed by atoms with E-state index in [9.17, 15) is 14.4 Å². The molecule has 162 valence electrons. The number of benzene rings is 2. The molecule has 0 aliphatic carbocycles. The van der Waals surface area contributed by atoms with Crippen LogP contribution in [0.15, 0.2) is 54.6 Å². The molecule has 3 rings (SSSR count). The van der Waals surface area contributed by atoms with Crippen molar-refractivity contribution in [3.63, 3.8) is 0 Å². The van der Waals surface area contributed by atoms with Gasteiger partial charge in [-0.15, -0.1) is 0 Å². The fourth-order valence-corrected chi connectivity index (χ4v) is 3.68. The number of halogens is 2. The lowest BCUT2D eigenvalue weighted by atomic mass is 10.1. The predicted octanol–water partition coefficient (Wildman–Crippen LogP) is 3.50. The summed E-state index contributed by atoms with van der Waals surface area (Å²) in [6.07, 6.45) is 3.10. The summed E-state index contributed by atoms with van der Waals surface area (Å²) in [6.45, 7) is 3.16. The standard InChI is InChI=1S/C23H23Cl2N3O3/c1-16(26-20(29)11-10-17-6-3-2-4-7-17)22(30)27-12-14-28(15-13-27)23(31)18-8-5-9-19(24)21(18)25/h2-11,16H,12-15H2,1H3,(H,26,29). The number of amides is 3. The topological polar surface area (TPSA) is 69.7 Å². The molecule has 0 radical (unpaired) electrons. The Morgan fingerprint density at radius 2 is 1.58 bits per heavy atom. The van der Waals surface area contributed by atoms with Gasteiger partial charge in [0.25, 0.3) is 5.91 Å². The van der Waals surface area contributed by atoms with E-state index in [-0.39, 0.29) is 22.7 Å². The van der Waals surface area contributed by atoms with E-state index in [1.807, 2.05) is 30.3 Å². The van der Waals surface area contributed by atoms with E-state index in [1.54, 1.807) is 41.0 Å². The molecule has 2 aromatic carbocycles. The molecule has 1 unspecified atom stereocenters. The number of rotatable bonds is 5. The molecule has 1 aliphatic rings. The van der Waals surface area contributed by atoms with Crippen LogP contribution in [-0.2, 0) is 9.59 Å². The highest BCUT2D eigenvalue weighted by molar-refractivity contribution is 6.43. The van der Waals surface area contributed by atoms with E-state index in [0.717, 1.165) is 5.56 Å². The summed E-state index contributed by atoms with van der Waals surface area (Å²) in [7, 11) is 0. The molecule has 1 heterocycles. The quantitative estimate of drug-likeness (QED) is 0.695. The Morgan fingerprint density at radius 1 is 0.935 bits per heavy atom. The Balaban J connectivity index is 1.51. The van der Waals surface area contributed by atoms with Crippen molar-refractivity contribution in [3.8, 4) is 0 Å². The third-order valence-corrected chi connectivity index (χ3v) is 5.84. The molecule has 6 nitrogen and oxygen atoms in total. The fourth-order valence-electron chi connectivity index (χ4n) is 3.30. The Kier molecular flexibility index (Phi) is 7.71. The molecule has 1 fully saturated rings. The van der Waals surface area contributed by atoms with E-state index in [4.69, 9.17) is 23.2 Å². The minimum atomic E-state index is -0.669. The van der Waals surface area contributed by atoms with Crippen molar-refractivity contribution in [3.05, 3.63) is 75.8 Å². The van der Waals surface area contributed by atoms with Gasteiger partial charge in [0.15, 0.2) is 0 Å². The van der Waals surface area contributed by atoms with E-state index in [2.05, 4.69) is 5.32 Å². The molecular formula is C23H23Cl2N3O3. The van der Waals surface area contributed by atoms with Gasteiger partial charge in [0.2, 0.25) is 11.8 Å². The van der Waals surface area contributed by atoms with Crippen LogP contribution >= 0.6 is 23.2 Å². The van der Waals surface area contributed by atoms with Gasteiger partial charge in [-0.05, 0) is 30.7 Å². The van der Waals surface area contributed by atoms with Crippen molar-refractivity contribution in [1.29, 1.82) is 0 Å². The lowest BCUT2D eigenvalue weighted by Crippen LogP contribution is -2.55. The third-order valence-electron chi connectivity index (χ3n) is 5.02. The largest absolute Gasteiger partial charge is 0.341 e.